The van der Waals surface area contributed by atoms with Crippen molar-refractivity contribution >= 4 is 35.9 Å². The number of ether oxygens (including phenoxy) is 2. The molecule has 23 heavy (non-hydrogen) atoms. The van der Waals surface area contributed by atoms with E-state index < -0.39 is 0 Å². The fourth-order valence-electron chi connectivity index (χ4n) is 2.65. The van der Waals surface area contributed by atoms with Gasteiger partial charge in [-0.2, -0.15) is 0 Å². The number of guanidine groups is 1. The minimum atomic E-state index is -0.134. The highest BCUT2D eigenvalue weighted by molar-refractivity contribution is 14.0. The van der Waals surface area contributed by atoms with Gasteiger partial charge >= 0.3 is 5.97 Å². The summed E-state index contributed by atoms with van der Waals surface area (Å²) in [5.41, 5.74) is 0. The Morgan fingerprint density at radius 2 is 2.04 bits per heavy atom. The Balaban J connectivity index is 0.00000484. The Hall–Kier alpha value is -0.610. The number of carbonyl (C=O) groups excluding carboxylic acids is 1. The Bertz CT molecular complexity index is 382. The number of aliphatic imine (C=N–C) groups is 1. The van der Waals surface area contributed by atoms with Crippen molar-refractivity contribution in [2.24, 2.45) is 16.8 Å². The quantitative estimate of drug-likeness (QED) is 0.268. The van der Waals surface area contributed by atoms with Gasteiger partial charge in [-0.05, 0) is 13.0 Å². The van der Waals surface area contributed by atoms with Gasteiger partial charge in [0.15, 0.2) is 5.96 Å². The van der Waals surface area contributed by atoms with Gasteiger partial charge in [0.05, 0.1) is 19.6 Å². The maximum Gasteiger partial charge on any atom is 0.310 e. The molecule has 0 radical (unpaired) electrons. The SMILES string of the molecule is CN=C(NCCN(C)CCOC)N1CC(C)C(C(=O)OC)C1.I. The molecule has 0 amide bonds. The molecule has 1 saturated heterocycles. The van der Waals surface area contributed by atoms with Crippen LogP contribution < -0.4 is 5.32 Å². The molecule has 0 aromatic rings. The number of methoxy groups -OCH3 is 2. The lowest BCUT2D eigenvalue weighted by Crippen LogP contribution is -2.43. The van der Waals surface area contributed by atoms with Gasteiger partial charge in [-0.3, -0.25) is 9.79 Å². The molecule has 1 N–H and O–H groups in total. The smallest absolute Gasteiger partial charge is 0.310 e. The van der Waals surface area contributed by atoms with E-state index in [1.807, 2.05) is 0 Å². The Kier molecular flexibility index (Phi) is 11.5. The second-order valence-corrected chi connectivity index (χ2v) is 5.78. The molecule has 1 heterocycles. The van der Waals surface area contributed by atoms with E-state index in [-0.39, 0.29) is 41.8 Å². The highest BCUT2D eigenvalue weighted by atomic mass is 127. The van der Waals surface area contributed by atoms with Crippen LogP contribution in [0.15, 0.2) is 4.99 Å². The van der Waals surface area contributed by atoms with Crippen molar-refractivity contribution in [3.8, 4) is 0 Å². The van der Waals surface area contributed by atoms with Gasteiger partial charge in [0, 0.05) is 46.9 Å². The van der Waals surface area contributed by atoms with Crippen LogP contribution in [-0.4, -0.2) is 89.4 Å². The number of rotatable bonds is 7. The fraction of sp³-hybridized carbons (Fsp3) is 0.867. The number of nitrogens with one attached hydrogen (secondary N) is 1. The summed E-state index contributed by atoms with van der Waals surface area (Å²) < 4.78 is 9.93. The van der Waals surface area contributed by atoms with E-state index in [2.05, 4.69) is 34.1 Å². The predicted octanol–water partition coefficient (Wildman–Crippen LogP) is 0.499. The van der Waals surface area contributed by atoms with Gasteiger partial charge in [-0.15, -0.1) is 24.0 Å². The second-order valence-electron chi connectivity index (χ2n) is 5.78. The number of hydrogen-bond acceptors (Lipinski definition) is 5. The number of nitrogens with zero attached hydrogens (tertiary/aromatic N) is 3. The number of esters is 1. The highest BCUT2D eigenvalue weighted by Gasteiger charge is 2.36. The van der Waals surface area contributed by atoms with Crippen molar-refractivity contribution in [1.82, 2.24) is 15.1 Å². The van der Waals surface area contributed by atoms with Gasteiger partial charge < -0.3 is 24.6 Å². The third-order valence-corrected chi connectivity index (χ3v) is 4.08. The van der Waals surface area contributed by atoms with Crippen molar-refractivity contribution in [3.05, 3.63) is 0 Å². The van der Waals surface area contributed by atoms with Crippen molar-refractivity contribution < 1.29 is 14.3 Å². The van der Waals surface area contributed by atoms with Crippen LogP contribution in [-0.2, 0) is 14.3 Å². The van der Waals surface area contributed by atoms with Crippen LogP contribution >= 0.6 is 24.0 Å². The monoisotopic (exact) mass is 442 g/mol. The Morgan fingerprint density at radius 3 is 2.61 bits per heavy atom. The van der Waals surface area contributed by atoms with E-state index in [0.717, 1.165) is 38.7 Å². The van der Waals surface area contributed by atoms with E-state index in [0.29, 0.717) is 6.54 Å². The lowest BCUT2D eigenvalue weighted by molar-refractivity contribution is -0.145. The van der Waals surface area contributed by atoms with Crippen LogP contribution in [0.1, 0.15) is 6.92 Å². The van der Waals surface area contributed by atoms with Crippen LogP contribution in [0.3, 0.4) is 0 Å². The average Bonchev–Trinajstić information content (AvgIpc) is 2.90. The molecule has 0 aromatic carbocycles. The van der Waals surface area contributed by atoms with Crippen molar-refractivity contribution in [2.75, 3.05) is 67.6 Å². The number of likely N-dealkylation sites (tertiary alicyclic amines) is 1. The summed E-state index contributed by atoms with van der Waals surface area (Å²) in [4.78, 5) is 20.4. The van der Waals surface area contributed by atoms with Crippen LogP contribution in [0, 0.1) is 11.8 Å². The maximum atomic E-state index is 11.8. The lowest BCUT2D eigenvalue weighted by Gasteiger charge is -2.23. The average molecular weight is 442 g/mol. The second kappa shape index (κ2) is 11.9. The van der Waals surface area contributed by atoms with Crippen LogP contribution in [0.25, 0.3) is 0 Å². The third-order valence-electron chi connectivity index (χ3n) is 4.08. The molecule has 2 atom stereocenters. The first kappa shape index (κ1) is 22.4. The van der Waals surface area contributed by atoms with E-state index in [1.165, 1.54) is 7.11 Å². The van der Waals surface area contributed by atoms with Crippen molar-refractivity contribution in [1.29, 1.82) is 0 Å². The number of likely N-dealkylation sites (N-methyl/N-ethyl adjacent to an activating group) is 1. The molecule has 0 saturated carbocycles. The molecule has 2 unspecified atom stereocenters. The van der Waals surface area contributed by atoms with E-state index in [4.69, 9.17) is 9.47 Å². The standard InChI is InChI=1S/C15H30N4O3.HI/c1-12-10-19(11-13(12)14(20)22-5)15(16-2)17-6-7-18(3)8-9-21-4;/h12-13H,6-11H2,1-5H3,(H,16,17);1H. The first-order valence-electron chi connectivity index (χ1n) is 7.74. The molecule has 136 valence electrons. The van der Waals surface area contributed by atoms with Gasteiger partial charge in [-0.25, -0.2) is 0 Å². The molecule has 0 aliphatic carbocycles. The number of halogens is 1. The molecule has 8 heteroatoms. The predicted molar refractivity (Wildman–Crippen MR) is 102 cm³/mol. The largest absolute Gasteiger partial charge is 0.469 e. The Labute approximate surface area is 156 Å². The minimum absolute atomic E-state index is 0. The van der Waals surface area contributed by atoms with Crippen LogP contribution in [0.2, 0.25) is 0 Å². The zero-order valence-corrected chi connectivity index (χ0v) is 17.2. The normalized spacial score (nSPS) is 21.3. The van der Waals surface area contributed by atoms with Crippen molar-refractivity contribution in [2.45, 2.75) is 6.92 Å². The minimum Gasteiger partial charge on any atom is -0.469 e. The zero-order valence-electron chi connectivity index (χ0n) is 14.9. The third kappa shape index (κ3) is 7.21. The van der Waals surface area contributed by atoms with Gasteiger partial charge in [0.1, 0.15) is 0 Å². The van der Waals surface area contributed by atoms with E-state index >= 15 is 0 Å². The van der Waals surface area contributed by atoms with Crippen LogP contribution in [0.5, 0.6) is 0 Å². The number of hydrogen-bond donors (Lipinski definition) is 1. The molecule has 1 aliphatic heterocycles. The summed E-state index contributed by atoms with van der Waals surface area (Å²) in [7, 11) is 6.99. The molecule has 1 rings (SSSR count). The summed E-state index contributed by atoms with van der Waals surface area (Å²) in [5, 5.41) is 3.36. The first-order chi connectivity index (χ1) is 10.5. The fourth-order valence-corrected chi connectivity index (χ4v) is 2.65. The molecule has 7 nitrogen and oxygen atoms in total. The van der Waals surface area contributed by atoms with Gasteiger partial charge in [-0.1, -0.05) is 6.92 Å². The van der Waals surface area contributed by atoms with E-state index in [1.54, 1.807) is 14.2 Å². The molecular formula is C15H31IN4O3. The maximum absolute atomic E-state index is 11.8. The van der Waals surface area contributed by atoms with Crippen molar-refractivity contribution in [3.63, 3.8) is 0 Å². The first-order valence-corrected chi connectivity index (χ1v) is 7.74. The molecule has 0 bridgehead atoms. The summed E-state index contributed by atoms with van der Waals surface area (Å²) in [6, 6.07) is 0. The lowest BCUT2D eigenvalue weighted by atomic mass is 9.99. The van der Waals surface area contributed by atoms with E-state index in [9.17, 15) is 4.79 Å². The molecule has 1 fully saturated rings. The van der Waals surface area contributed by atoms with Crippen LogP contribution in [0.4, 0.5) is 0 Å². The number of carbonyl (C=O) groups is 1. The molecule has 1 aliphatic rings. The summed E-state index contributed by atoms with van der Waals surface area (Å²) in [6.45, 7) is 6.91. The summed E-state index contributed by atoms with van der Waals surface area (Å²) in [5.74, 6) is 0.909. The molecular weight excluding hydrogens is 411 g/mol. The topological polar surface area (TPSA) is 66.4 Å². The van der Waals surface area contributed by atoms with Gasteiger partial charge in [0.25, 0.3) is 0 Å². The Morgan fingerprint density at radius 1 is 1.35 bits per heavy atom. The summed E-state index contributed by atoms with van der Waals surface area (Å²) >= 11 is 0. The molecule has 0 spiro atoms. The van der Waals surface area contributed by atoms with Gasteiger partial charge in [0.2, 0.25) is 0 Å². The molecule has 0 aromatic heterocycles. The zero-order chi connectivity index (χ0) is 16.5. The highest BCUT2D eigenvalue weighted by Crippen LogP contribution is 2.23. The summed E-state index contributed by atoms with van der Waals surface area (Å²) in [6.07, 6.45) is 0.